The number of para-hydroxylation sites is 1. The third kappa shape index (κ3) is 2.33. The monoisotopic (exact) mass is 281 g/mol. The molecule has 0 saturated carbocycles. The molecule has 4 nitrogen and oxygen atoms in total. The van der Waals surface area contributed by atoms with E-state index in [0.717, 1.165) is 10.9 Å². The maximum absolute atomic E-state index is 11.8. The first kappa shape index (κ1) is 13.9. The predicted molar refractivity (Wildman–Crippen MR) is 75.4 cm³/mol. The van der Waals surface area contributed by atoms with Crippen LogP contribution in [0.25, 0.3) is 10.9 Å². The van der Waals surface area contributed by atoms with E-state index in [4.69, 9.17) is 21.1 Å². The lowest BCUT2D eigenvalue weighted by atomic mass is 10.1. The van der Waals surface area contributed by atoms with Crippen molar-refractivity contribution in [2.45, 2.75) is 13.5 Å². The Morgan fingerprint density at radius 1 is 1.37 bits per heavy atom. The van der Waals surface area contributed by atoms with Crippen molar-refractivity contribution in [3.05, 3.63) is 28.9 Å². The first-order valence-corrected chi connectivity index (χ1v) is 6.34. The van der Waals surface area contributed by atoms with Crippen LogP contribution in [0.3, 0.4) is 0 Å². The number of methoxy groups -OCH3 is 2. The SMILES string of the molecule is COCCn1c(Cl)c(C(C)=O)c2cccc(OC)c21. The van der Waals surface area contributed by atoms with Crippen molar-refractivity contribution in [1.82, 2.24) is 4.57 Å². The summed E-state index contributed by atoms with van der Waals surface area (Å²) in [6.07, 6.45) is 0. The Kier molecular flexibility index (Phi) is 4.12. The first-order valence-electron chi connectivity index (χ1n) is 5.96. The van der Waals surface area contributed by atoms with Crippen LogP contribution < -0.4 is 4.74 Å². The zero-order valence-corrected chi connectivity index (χ0v) is 12.0. The number of benzene rings is 1. The standard InChI is InChI=1S/C14H16ClNO3/c1-9(17)12-10-5-4-6-11(19-3)13(10)16(14(12)15)7-8-18-2/h4-6H,7-8H2,1-3H3. The maximum atomic E-state index is 11.8. The van der Waals surface area contributed by atoms with Crippen molar-refractivity contribution in [1.29, 1.82) is 0 Å². The van der Waals surface area contributed by atoms with Crippen molar-refractivity contribution >= 4 is 28.3 Å². The van der Waals surface area contributed by atoms with Crippen molar-refractivity contribution in [2.24, 2.45) is 0 Å². The number of hydrogen-bond acceptors (Lipinski definition) is 3. The summed E-state index contributed by atoms with van der Waals surface area (Å²) in [5, 5.41) is 1.25. The fourth-order valence-corrected chi connectivity index (χ4v) is 2.64. The molecule has 0 aliphatic heterocycles. The van der Waals surface area contributed by atoms with Crippen LogP contribution in [0.1, 0.15) is 17.3 Å². The fourth-order valence-electron chi connectivity index (χ4n) is 2.24. The topological polar surface area (TPSA) is 40.5 Å². The normalized spacial score (nSPS) is 10.9. The van der Waals surface area contributed by atoms with E-state index in [1.54, 1.807) is 14.2 Å². The Labute approximate surface area is 116 Å². The number of ketones is 1. The van der Waals surface area contributed by atoms with Gasteiger partial charge >= 0.3 is 0 Å². The van der Waals surface area contributed by atoms with Crippen molar-refractivity contribution in [2.75, 3.05) is 20.8 Å². The minimum Gasteiger partial charge on any atom is -0.495 e. The Balaban J connectivity index is 2.77. The van der Waals surface area contributed by atoms with E-state index < -0.39 is 0 Å². The molecule has 19 heavy (non-hydrogen) atoms. The quantitative estimate of drug-likeness (QED) is 0.791. The first-order chi connectivity index (χ1) is 9.11. The average molecular weight is 282 g/mol. The fraction of sp³-hybridized carbons (Fsp3) is 0.357. The maximum Gasteiger partial charge on any atom is 0.163 e. The van der Waals surface area contributed by atoms with E-state index in [1.165, 1.54) is 6.92 Å². The van der Waals surface area contributed by atoms with Crippen LogP contribution >= 0.6 is 11.6 Å². The Morgan fingerprint density at radius 2 is 2.11 bits per heavy atom. The molecule has 1 heterocycles. The van der Waals surface area contributed by atoms with E-state index >= 15 is 0 Å². The number of rotatable bonds is 5. The highest BCUT2D eigenvalue weighted by Crippen LogP contribution is 2.35. The number of halogens is 1. The molecule has 0 fully saturated rings. The molecule has 2 rings (SSSR count). The van der Waals surface area contributed by atoms with Gasteiger partial charge in [-0.3, -0.25) is 4.79 Å². The number of hydrogen-bond donors (Lipinski definition) is 0. The van der Waals surface area contributed by atoms with Crippen molar-refractivity contribution in [3.8, 4) is 5.75 Å². The summed E-state index contributed by atoms with van der Waals surface area (Å²) >= 11 is 6.34. The number of ether oxygens (including phenoxy) is 2. The lowest BCUT2D eigenvalue weighted by Crippen LogP contribution is -2.05. The lowest BCUT2D eigenvalue weighted by Gasteiger charge is -2.09. The molecular formula is C14H16ClNO3. The molecule has 0 atom stereocenters. The highest BCUT2D eigenvalue weighted by molar-refractivity contribution is 6.35. The molecule has 2 aromatic rings. The lowest BCUT2D eigenvalue weighted by molar-refractivity contribution is 0.101. The summed E-state index contributed by atoms with van der Waals surface area (Å²) in [5.41, 5.74) is 1.36. The smallest absolute Gasteiger partial charge is 0.163 e. The third-order valence-corrected chi connectivity index (χ3v) is 3.47. The third-order valence-electron chi connectivity index (χ3n) is 3.07. The summed E-state index contributed by atoms with van der Waals surface area (Å²) in [5.74, 6) is 0.641. The van der Waals surface area contributed by atoms with E-state index in [-0.39, 0.29) is 5.78 Å². The summed E-state index contributed by atoms with van der Waals surface area (Å²) in [6, 6.07) is 5.58. The van der Waals surface area contributed by atoms with Gasteiger partial charge in [0.2, 0.25) is 0 Å². The van der Waals surface area contributed by atoms with Gasteiger partial charge in [-0.1, -0.05) is 23.7 Å². The molecule has 0 aliphatic rings. The van der Waals surface area contributed by atoms with E-state index in [0.29, 0.717) is 29.6 Å². The molecule has 0 saturated heterocycles. The molecule has 0 aliphatic carbocycles. The van der Waals surface area contributed by atoms with Crippen LogP contribution in [-0.4, -0.2) is 31.2 Å². The minimum atomic E-state index is -0.0561. The molecule has 0 amide bonds. The molecule has 5 heteroatoms. The van der Waals surface area contributed by atoms with Crippen molar-refractivity contribution < 1.29 is 14.3 Å². The number of carbonyl (C=O) groups is 1. The molecule has 1 aromatic heterocycles. The van der Waals surface area contributed by atoms with Gasteiger partial charge in [0, 0.05) is 19.0 Å². The van der Waals surface area contributed by atoms with Crippen LogP contribution in [0.5, 0.6) is 5.75 Å². The molecule has 0 radical (unpaired) electrons. The number of nitrogens with zero attached hydrogens (tertiary/aromatic N) is 1. The van der Waals surface area contributed by atoms with Gasteiger partial charge in [0.05, 0.1) is 24.8 Å². The predicted octanol–water partition coefficient (Wildman–Crippen LogP) is 3.15. The minimum absolute atomic E-state index is 0.0561. The zero-order valence-electron chi connectivity index (χ0n) is 11.2. The van der Waals surface area contributed by atoms with Gasteiger partial charge < -0.3 is 14.0 Å². The average Bonchev–Trinajstić information content (AvgIpc) is 2.68. The molecule has 1 aromatic carbocycles. The van der Waals surface area contributed by atoms with Crippen molar-refractivity contribution in [3.63, 3.8) is 0 Å². The molecule has 0 spiro atoms. The molecule has 0 bridgehead atoms. The number of carbonyl (C=O) groups excluding carboxylic acids is 1. The van der Waals surface area contributed by atoms with Gasteiger partial charge in [-0.05, 0) is 13.0 Å². The second-order valence-corrected chi connectivity index (χ2v) is 4.58. The number of aromatic nitrogens is 1. The van der Waals surface area contributed by atoms with Crippen LogP contribution in [0.4, 0.5) is 0 Å². The number of fused-ring (bicyclic) bond motifs is 1. The summed E-state index contributed by atoms with van der Waals surface area (Å²) in [6.45, 7) is 2.60. The van der Waals surface area contributed by atoms with Crippen LogP contribution in [-0.2, 0) is 11.3 Å². The molecular weight excluding hydrogens is 266 g/mol. The molecule has 0 N–H and O–H groups in total. The van der Waals surface area contributed by atoms with Gasteiger partial charge in [0.1, 0.15) is 10.9 Å². The van der Waals surface area contributed by atoms with Gasteiger partial charge in [-0.25, -0.2) is 0 Å². The summed E-state index contributed by atoms with van der Waals surface area (Å²) < 4.78 is 12.3. The van der Waals surface area contributed by atoms with Gasteiger partial charge in [0.25, 0.3) is 0 Å². The molecule has 0 unspecified atom stereocenters. The van der Waals surface area contributed by atoms with E-state index in [9.17, 15) is 4.79 Å². The Hall–Kier alpha value is -1.52. The van der Waals surface area contributed by atoms with Gasteiger partial charge in [0.15, 0.2) is 5.78 Å². The Bertz CT molecular complexity index is 619. The van der Waals surface area contributed by atoms with Crippen LogP contribution in [0.2, 0.25) is 5.15 Å². The highest BCUT2D eigenvalue weighted by atomic mass is 35.5. The van der Waals surface area contributed by atoms with Gasteiger partial charge in [-0.15, -0.1) is 0 Å². The van der Waals surface area contributed by atoms with Crippen LogP contribution in [0, 0.1) is 0 Å². The second-order valence-electron chi connectivity index (χ2n) is 4.22. The van der Waals surface area contributed by atoms with E-state index in [2.05, 4.69) is 0 Å². The Morgan fingerprint density at radius 3 is 2.68 bits per heavy atom. The summed E-state index contributed by atoms with van der Waals surface area (Å²) in [7, 11) is 3.23. The van der Waals surface area contributed by atoms with E-state index in [1.807, 2.05) is 22.8 Å². The zero-order chi connectivity index (χ0) is 14.0. The highest BCUT2D eigenvalue weighted by Gasteiger charge is 2.21. The van der Waals surface area contributed by atoms with Gasteiger partial charge in [-0.2, -0.15) is 0 Å². The second kappa shape index (κ2) is 5.63. The largest absolute Gasteiger partial charge is 0.495 e. The summed E-state index contributed by atoms with van der Waals surface area (Å²) in [4.78, 5) is 11.8. The molecule has 102 valence electrons. The number of Topliss-reactive ketones (excluding diaryl/α,β-unsaturated/α-hetero) is 1. The van der Waals surface area contributed by atoms with Crippen LogP contribution in [0.15, 0.2) is 18.2 Å².